The number of hydrogen-bond acceptors (Lipinski definition) is 8. The first-order valence-corrected chi connectivity index (χ1v) is 17.7. The Labute approximate surface area is 303 Å². The second-order valence-corrected chi connectivity index (χ2v) is 13.7. The third-order valence-electron chi connectivity index (χ3n) is 7.65. The molecule has 11 heteroatoms. The molecule has 0 N–H and O–H groups in total. The predicted octanol–water partition coefficient (Wildman–Crippen LogP) is 6.90. The lowest BCUT2D eigenvalue weighted by Gasteiger charge is -2.26. The molecule has 1 aliphatic rings. The number of hydrogen-bond donors (Lipinski definition) is 0. The fraction of sp³-hybridized carbons (Fsp3) is 0.162. The van der Waals surface area contributed by atoms with Gasteiger partial charge in [0.25, 0.3) is 5.56 Å². The van der Waals surface area contributed by atoms with Gasteiger partial charge in [-0.3, -0.25) is 9.36 Å². The summed E-state index contributed by atoms with van der Waals surface area (Å²) >= 11 is 7.10. The largest absolute Gasteiger partial charge is 0.493 e. The maximum atomic E-state index is 14.5. The van der Waals surface area contributed by atoms with E-state index in [9.17, 15) is 9.59 Å². The molecule has 0 bridgehead atoms. The Kier molecular flexibility index (Phi) is 10.5. The topological polar surface area (TPSA) is 88.4 Å². The first kappa shape index (κ1) is 33.7. The highest BCUT2D eigenvalue weighted by atomic mass is 127. The maximum absolute atomic E-state index is 14.5. The molecular formula is C37H30BrIN2O6S. The van der Waals surface area contributed by atoms with Crippen LogP contribution >= 0.6 is 49.9 Å². The van der Waals surface area contributed by atoms with E-state index in [1.54, 1.807) is 37.8 Å². The van der Waals surface area contributed by atoms with Gasteiger partial charge in [-0.15, -0.1) is 0 Å². The van der Waals surface area contributed by atoms with E-state index < -0.39 is 12.0 Å². The van der Waals surface area contributed by atoms with Crippen molar-refractivity contribution < 1.29 is 23.7 Å². The highest BCUT2D eigenvalue weighted by Crippen LogP contribution is 2.38. The fourth-order valence-corrected chi connectivity index (χ4v) is 8.19. The molecule has 2 heterocycles. The number of thiazole rings is 1. The number of rotatable bonds is 10. The van der Waals surface area contributed by atoms with Crippen LogP contribution in [-0.2, 0) is 16.1 Å². The van der Waals surface area contributed by atoms with Gasteiger partial charge in [0.2, 0.25) is 0 Å². The molecule has 1 aliphatic heterocycles. The van der Waals surface area contributed by atoms with E-state index in [1.165, 1.54) is 11.3 Å². The van der Waals surface area contributed by atoms with Crippen molar-refractivity contribution >= 4 is 67.6 Å². The fourth-order valence-electron chi connectivity index (χ4n) is 5.49. The first-order chi connectivity index (χ1) is 23.3. The monoisotopic (exact) mass is 836 g/mol. The Morgan fingerprint density at radius 1 is 0.979 bits per heavy atom. The van der Waals surface area contributed by atoms with Crippen molar-refractivity contribution in [2.45, 2.75) is 19.6 Å². The van der Waals surface area contributed by atoms with Gasteiger partial charge >= 0.3 is 5.97 Å². The summed E-state index contributed by atoms with van der Waals surface area (Å²) in [5, 5.41) is 0. The molecule has 244 valence electrons. The zero-order chi connectivity index (χ0) is 33.8. The smallest absolute Gasteiger partial charge is 0.338 e. The van der Waals surface area contributed by atoms with Crippen molar-refractivity contribution in [1.29, 1.82) is 0 Å². The minimum absolute atomic E-state index is 0.154. The van der Waals surface area contributed by atoms with Gasteiger partial charge in [-0.05, 0) is 71.0 Å². The second kappa shape index (κ2) is 14.9. The van der Waals surface area contributed by atoms with E-state index in [4.69, 9.17) is 23.9 Å². The Bertz CT molecular complexity index is 2200. The SMILES string of the molecule is CCOC(=O)C1=C(c2ccccc2)N=c2s/c(=C\c3cc(Br)cc(I)c3OCc3ccccc3)c(=O)n2[C@H]1c1ccc(OC)c(OC)c1. The van der Waals surface area contributed by atoms with E-state index in [2.05, 4.69) is 38.5 Å². The van der Waals surface area contributed by atoms with Crippen molar-refractivity contribution in [2.75, 3.05) is 20.8 Å². The molecule has 0 radical (unpaired) electrons. The molecule has 5 aromatic rings. The summed E-state index contributed by atoms with van der Waals surface area (Å²) in [5.74, 6) is 1.07. The van der Waals surface area contributed by atoms with Crippen molar-refractivity contribution in [3.63, 3.8) is 0 Å². The third-order valence-corrected chi connectivity index (χ3v) is 9.89. The Balaban J connectivity index is 1.59. The average Bonchev–Trinajstić information content (AvgIpc) is 3.41. The minimum Gasteiger partial charge on any atom is -0.493 e. The molecular weight excluding hydrogens is 807 g/mol. The number of benzene rings is 4. The summed E-state index contributed by atoms with van der Waals surface area (Å²) in [4.78, 5) is 33.7. The molecule has 0 aliphatic carbocycles. The number of aromatic nitrogens is 1. The number of ether oxygens (including phenoxy) is 4. The zero-order valence-electron chi connectivity index (χ0n) is 26.2. The Morgan fingerprint density at radius 2 is 1.69 bits per heavy atom. The standard InChI is InChI=1S/C37H30BrIN2O6S/c1-4-46-36(43)31-32(23-13-9-6-10-14-23)40-37-41(33(31)24-15-16-28(44-2)29(18-24)45-3)35(42)30(48-37)19-25-17-26(38)20-27(39)34(25)47-21-22-11-7-5-8-12-22/h5-20,33H,4,21H2,1-3H3/b30-19-/t33-/m0/s1. The number of fused-ring (bicyclic) bond motifs is 1. The minimum atomic E-state index is -0.867. The lowest BCUT2D eigenvalue weighted by atomic mass is 9.93. The molecule has 0 spiro atoms. The van der Waals surface area contributed by atoms with Gasteiger partial charge in [-0.2, -0.15) is 0 Å². The van der Waals surface area contributed by atoms with Gasteiger partial charge in [0.15, 0.2) is 16.3 Å². The van der Waals surface area contributed by atoms with Gasteiger partial charge in [-0.25, -0.2) is 9.79 Å². The average molecular weight is 838 g/mol. The van der Waals surface area contributed by atoms with Crippen LogP contribution in [0.3, 0.4) is 0 Å². The normalized spacial score (nSPS) is 14.3. The van der Waals surface area contributed by atoms with Crippen LogP contribution in [0.4, 0.5) is 0 Å². The third kappa shape index (κ3) is 6.85. The first-order valence-electron chi connectivity index (χ1n) is 15.0. The number of halogens is 2. The molecule has 0 saturated carbocycles. The molecule has 6 rings (SSSR count). The number of nitrogens with zero attached hydrogens (tertiary/aromatic N) is 2. The van der Waals surface area contributed by atoms with Crippen LogP contribution in [-0.4, -0.2) is 31.4 Å². The molecule has 1 aromatic heterocycles. The number of methoxy groups -OCH3 is 2. The summed E-state index contributed by atoms with van der Waals surface area (Å²) in [6, 6.07) is 27.7. The van der Waals surface area contributed by atoms with Gasteiger partial charge in [-0.1, -0.05) is 94.0 Å². The lowest BCUT2D eigenvalue weighted by Crippen LogP contribution is -2.40. The summed E-state index contributed by atoms with van der Waals surface area (Å²) in [6.45, 7) is 2.27. The summed E-state index contributed by atoms with van der Waals surface area (Å²) in [7, 11) is 3.10. The van der Waals surface area contributed by atoms with Gasteiger partial charge in [0.1, 0.15) is 12.4 Å². The van der Waals surface area contributed by atoms with Crippen LogP contribution in [0.2, 0.25) is 0 Å². The van der Waals surface area contributed by atoms with E-state index in [1.807, 2.05) is 84.9 Å². The van der Waals surface area contributed by atoms with Gasteiger partial charge in [0, 0.05) is 15.6 Å². The highest BCUT2D eigenvalue weighted by Gasteiger charge is 2.35. The molecule has 1 atom stereocenters. The molecule has 8 nitrogen and oxygen atoms in total. The second-order valence-electron chi connectivity index (χ2n) is 10.6. The Hall–Kier alpha value is -4.20. The van der Waals surface area contributed by atoms with Crippen molar-refractivity contribution in [3.05, 3.63) is 147 Å². The molecule has 0 saturated heterocycles. The summed E-state index contributed by atoms with van der Waals surface area (Å²) in [6.07, 6.45) is 1.82. The van der Waals surface area contributed by atoms with Crippen molar-refractivity contribution in [3.8, 4) is 17.2 Å². The molecule has 0 unspecified atom stereocenters. The predicted molar refractivity (Wildman–Crippen MR) is 198 cm³/mol. The van der Waals surface area contributed by atoms with Crippen LogP contribution in [0.1, 0.15) is 35.2 Å². The number of esters is 1. The van der Waals surface area contributed by atoms with E-state index in [-0.39, 0.29) is 17.7 Å². The molecule has 4 aromatic carbocycles. The van der Waals surface area contributed by atoms with Crippen molar-refractivity contribution in [2.24, 2.45) is 4.99 Å². The van der Waals surface area contributed by atoms with E-state index >= 15 is 0 Å². The van der Waals surface area contributed by atoms with Crippen LogP contribution in [0.25, 0.3) is 11.8 Å². The maximum Gasteiger partial charge on any atom is 0.338 e. The summed E-state index contributed by atoms with van der Waals surface area (Å²) < 4.78 is 26.8. The van der Waals surface area contributed by atoms with Gasteiger partial charge < -0.3 is 18.9 Å². The zero-order valence-corrected chi connectivity index (χ0v) is 30.8. The lowest BCUT2D eigenvalue weighted by molar-refractivity contribution is -0.138. The van der Waals surface area contributed by atoms with Crippen LogP contribution < -0.4 is 29.1 Å². The van der Waals surface area contributed by atoms with Crippen molar-refractivity contribution in [1.82, 2.24) is 4.57 Å². The highest BCUT2D eigenvalue weighted by molar-refractivity contribution is 14.1. The number of carbonyl (C=O) groups is 1. The van der Waals surface area contributed by atoms with E-state index in [0.717, 1.165) is 24.7 Å². The van der Waals surface area contributed by atoms with E-state index in [0.29, 0.717) is 44.4 Å². The summed E-state index contributed by atoms with van der Waals surface area (Å²) in [5.41, 5.74) is 3.49. The molecule has 0 amide bonds. The van der Waals surface area contributed by atoms with Crippen LogP contribution in [0.5, 0.6) is 17.2 Å². The quantitative estimate of drug-likeness (QED) is 0.113. The van der Waals surface area contributed by atoms with Crippen LogP contribution in [0, 0.1) is 3.57 Å². The molecule has 48 heavy (non-hydrogen) atoms. The molecule has 0 fully saturated rings. The van der Waals surface area contributed by atoms with Crippen LogP contribution in [0.15, 0.2) is 111 Å². The van der Waals surface area contributed by atoms with Gasteiger partial charge in [0.05, 0.1) is 46.2 Å². The number of carbonyl (C=O) groups excluding carboxylic acids is 1. The Morgan fingerprint density at radius 3 is 2.38 bits per heavy atom.